The second-order valence-electron chi connectivity index (χ2n) is 6.96. The number of hydrogen-bond acceptors (Lipinski definition) is 3. The lowest BCUT2D eigenvalue weighted by molar-refractivity contribution is 0.0667. The fraction of sp³-hybridized carbons (Fsp3) is 0.286. The molecule has 0 N–H and O–H groups in total. The monoisotopic (exact) mass is 380 g/mol. The van der Waals surface area contributed by atoms with Crippen molar-refractivity contribution in [1.29, 1.82) is 0 Å². The van der Waals surface area contributed by atoms with Crippen LogP contribution >= 0.6 is 11.6 Å². The van der Waals surface area contributed by atoms with Gasteiger partial charge >= 0.3 is 0 Å². The van der Waals surface area contributed by atoms with Gasteiger partial charge in [-0.15, -0.1) is 5.10 Å². The van der Waals surface area contributed by atoms with Crippen LogP contribution in [0.3, 0.4) is 0 Å². The van der Waals surface area contributed by atoms with Gasteiger partial charge in [-0.05, 0) is 43.0 Å². The first-order chi connectivity index (χ1) is 13.1. The van der Waals surface area contributed by atoms with Crippen LogP contribution in [0.15, 0.2) is 60.8 Å². The Morgan fingerprint density at radius 3 is 2.56 bits per heavy atom. The van der Waals surface area contributed by atoms with Crippen LogP contribution in [-0.4, -0.2) is 31.8 Å². The lowest BCUT2D eigenvalue weighted by Crippen LogP contribution is -2.35. The van der Waals surface area contributed by atoms with Crippen molar-refractivity contribution in [1.82, 2.24) is 19.9 Å². The van der Waals surface area contributed by atoms with Crippen molar-refractivity contribution in [3.63, 3.8) is 0 Å². The van der Waals surface area contributed by atoms with Gasteiger partial charge in [-0.3, -0.25) is 4.79 Å². The Bertz CT molecular complexity index is 919. The first-order valence-electron chi connectivity index (χ1n) is 9.14. The molecule has 4 rings (SSSR count). The van der Waals surface area contributed by atoms with Crippen molar-refractivity contribution in [2.75, 3.05) is 0 Å². The minimum absolute atomic E-state index is 0.0402. The molecule has 1 atom stereocenters. The molecule has 1 aliphatic carbocycles. The highest BCUT2D eigenvalue weighted by atomic mass is 35.5. The molecule has 27 heavy (non-hydrogen) atoms. The Morgan fingerprint density at radius 1 is 1.19 bits per heavy atom. The van der Waals surface area contributed by atoms with Gasteiger partial charge in [0, 0.05) is 11.1 Å². The Morgan fingerprint density at radius 2 is 1.89 bits per heavy atom. The minimum atomic E-state index is -0.0701. The smallest absolute Gasteiger partial charge is 0.276 e. The minimum Gasteiger partial charge on any atom is -0.327 e. The SMILES string of the molecule is CC(c1ccc(Cl)cc1)N(C(=O)c1cn(Cc2ccccc2)nn1)C1CC1. The van der Waals surface area contributed by atoms with E-state index in [9.17, 15) is 4.79 Å². The maximum atomic E-state index is 13.2. The Hall–Kier alpha value is -2.66. The van der Waals surface area contributed by atoms with Gasteiger partial charge in [-0.2, -0.15) is 0 Å². The van der Waals surface area contributed by atoms with Crippen molar-refractivity contribution >= 4 is 17.5 Å². The third-order valence-electron chi connectivity index (χ3n) is 4.89. The van der Waals surface area contributed by atoms with Crippen molar-refractivity contribution in [3.05, 3.63) is 82.6 Å². The number of hydrogen-bond donors (Lipinski definition) is 0. The van der Waals surface area contributed by atoms with Gasteiger partial charge in [0.1, 0.15) is 0 Å². The van der Waals surface area contributed by atoms with E-state index in [1.165, 1.54) is 0 Å². The summed E-state index contributed by atoms with van der Waals surface area (Å²) in [6, 6.07) is 17.9. The molecule has 0 radical (unpaired) electrons. The van der Waals surface area contributed by atoms with Crippen LogP contribution in [0.1, 0.15) is 47.4 Å². The van der Waals surface area contributed by atoms with Crippen LogP contribution in [0.4, 0.5) is 0 Å². The number of halogens is 1. The fourth-order valence-corrected chi connectivity index (χ4v) is 3.41. The molecule has 0 bridgehead atoms. The molecule has 1 unspecified atom stereocenters. The van der Waals surface area contributed by atoms with Crippen molar-refractivity contribution in [2.45, 2.75) is 38.4 Å². The molecule has 138 valence electrons. The summed E-state index contributed by atoms with van der Waals surface area (Å²) in [6.07, 6.45) is 3.79. The summed E-state index contributed by atoms with van der Waals surface area (Å²) in [5.41, 5.74) is 2.57. The summed E-state index contributed by atoms with van der Waals surface area (Å²) in [4.78, 5) is 15.1. The number of carbonyl (C=O) groups excluding carboxylic acids is 1. The van der Waals surface area contributed by atoms with E-state index in [0.29, 0.717) is 17.3 Å². The highest BCUT2D eigenvalue weighted by Crippen LogP contribution is 2.35. The number of amides is 1. The molecule has 1 fully saturated rings. The van der Waals surface area contributed by atoms with Gasteiger partial charge in [0.05, 0.1) is 18.8 Å². The largest absolute Gasteiger partial charge is 0.327 e. The van der Waals surface area contributed by atoms with Crippen LogP contribution in [0.2, 0.25) is 5.02 Å². The predicted octanol–water partition coefficient (Wildman–Crippen LogP) is 4.35. The lowest BCUT2D eigenvalue weighted by Gasteiger charge is -2.29. The third-order valence-corrected chi connectivity index (χ3v) is 5.14. The summed E-state index contributed by atoms with van der Waals surface area (Å²) in [6.45, 7) is 2.64. The number of carbonyl (C=O) groups is 1. The zero-order chi connectivity index (χ0) is 18.8. The molecule has 3 aromatic rings. The van der Waals surface area contributed by atoms with E-state index in [0.717, 1.165) is 24.0 Å². The molecule has 0 aliphatic heterocycles. The zero-order valence-electron chi connectivity index (χ0n) is 15.1. The first kappa shape index (κ1) is 17.7. The average molecular weight is 381 g/mol. The van der Waals surface area contributed by atoms with Crippen LogP contribution in [0.5, 0.6) is 0 Å². The van der Waals surface area contributed by atoms with E-state index < -0.39 is 0 Å². The topological polar surface area (TPSA) is 51.0 Å². The second-order valence-corrected chi connectivity index (χ2v) is 7.39. The van der Waals surface area contributed by atoms with E-state index in [1.807, 2.05) is 66.4 Å². The molecular formula is C21H21ClN4O. The standard InChI is InChI=1S/C21H21ClN4O/c1-15(17-7-9-18(22)10-8-17)26(19-11-12-19)21(27)20-14-25(24-23-20)13-16-5-3-2-4-6-16/h2-10,14-15,19H,11-13H2,1H3. The first-order valence-corrected chi connectivity index (χ1v) is 9.52. The van der Waals surface area contributed by atoms with E-state index in [1.54, 1.807) is 10.9 Å². The number of nitrogens with zero attached hydrogens (tertiary/aromatic N) is 4. The maximum absolute atomic E-state index is 13.2. The highest BCUT2D eigenvalue weighted by molar-refractivity contribution is 6.30. The van der Waals surface area contributed by atoms with Gasteiger partial charge in [0.2, 0.25) is 0 Å². The summed E-state index contributed by atoms with van der Waals surface area (Å²) < 4.78 is 1.71. The molecule has 6 heteroatoms. The van der Waals surface area contributed by atoms with Crippen molar-refractivity contribution < 1.29 is 4.79 Å². The van der Waals surface area contributed by atoms with Gasteiger partial charge in [-0.25, -0.2) is 4.68 Å². The molecule has 1 heterocycles. The third kappa shape index (κ3) is 4.03. The predicted molar refractivity (Wildman–Crippen MR) is 105 cm³/mol. The number of aromatic nitrogens is 3. The summed E-state index contributed by atoms with van der Waals surface area (Å²) >= 11 is 6.00. The second kappa shape index (κ2) is 7.53. The molecule has 1 aliphatic rings. The zero-order valence-corrected chi connectivity index (χ0v) is 15.9. The highest BCUT2D eigenvalue weighted by Gasteiger charge is 2.37. The number of rotatable bonds is 6. The Balaban J connectivity index is 1.53. The van der Waals surface area contributed by atoms with Gasteiger partial charge in [-0.1, -0.05) is 59.3 Å². The molecule has 5 nitrogen and oxygen atoms in total. The fourth-order valence-electron chi connectivity index (χ4n) is 3.29. The van der Waals surface area contributed by atoms with E-state index in [2.05, 4.69) is 10.3 Å². The molecule has 0 saturated heterocycles. The lowest BCUT2D eigenvalue weighted by atomic mass is 10.1. The quantitative estimate of drug-likeness (QED) is 0.639. The maximum Gasteiger partial charge on any atom is 0.276 e. The van der Waals surface area contributed by atoms with Gasteiger partial charge in [0.15, 0.2) is 5.69 Å². The van der Waals surface area contributed by atoms with Crippen LogP contribution in [0.25, 0.3) is 0 Å². The van der Waals surface area contributed by atoms with Crippen LogP contribution in [0, 0.1) is 0 Å². The van der Waals surface area contributed by atoms with Crippen LogP contribution in [-0.2, 0) is 6.54 Å². The summed E-state index contributed by atoms with van der Waals surface area (Å²) in [5.74, 6) is -0.0701. The molecule has 1 aromatic heterocycles. The average Bonchev–Trinajstić information content (AvgIpc) is 3.40. The van der Waals surface area contributed by atoms with Crippen LogP contribution < -0.4 is 0 Å². The normalized spacial score (nSPS) is 14.7. The summed E-state index contributed by atoms with van der Waals surface area (Å²) in [7, 11) is 0. The van der Waals surface area contributed by atoms with Crippen molar-refractivity contribution in [3.8, 4) is 0 Å². The summed E-state index contributed by atoms with van der Waals surface area (Å²) in [5, 5.41) is 8.97. The van der Waals surface area contributed by atoms with E-state index >= 15 is 0 Å². The van der Waals surface area contributed by atoms with E-state index in [4.69, 9.17) is 11.6 Å². The van der Waals surface area contributed by atoms with Gasteiger partial charge < -0.3 is 4.90 Å². The molecular weight excluding hydrogens is 360 g/mol. The molecule has 0 spiro atoms. The van der Waals surface area contributed by atoms with E-state index in [-0.39, 0.29) is 18.0 Å². The van der Waals surface area contributed by atoms with Gasteiger partial charge in [0.25, 0.3) is 5.91 Å². The number of benzene rings is 2. The van der Waals surface area contributed by atoms with Crippen molar-refractivity contribution in [2.24, 2.45) is 0 Å². The Kier molecular flexibility index (Phi) is 4.94. The molecule has 2 aromatic carbocycles. The Labute approximate surface area is 163 Å². The molecule has 1 saturated carbocycles. The molecule has 1 amide bonds.